The minimum absolute atomic E-state index is 0.262. The van der Waals surface area contributed by atoms with Gasteiger partial charge in [-0.1, -0.05) is 12.1 Å². The largest absolute Gasteiger partial charge is 0.456 e. The minimum atomic E-state index is -0.772. The van der Waals surface area contributed by atoms with Gasteiger partial charge in [-0.25, -0.2) is 0 Å². The number of benzene rings is 1. The number of anilines is 1. The van der Waals surface area contributed by atoms with Crippen LogP contribution in [0.15, 0.2) is 30.3 Å². The lowest BCUT2D eigenvalue weighted by atomic mass is 10.1. The summed E-state index contributed by atoms with van der Waals surface area (Å²) in [6.45, 7) is 5.66. The molecule has 140 valence electrons. The van der Waals surface area contributed by atoms with Crippen LogP contribution in [0.4, 0.5) is 5.69 Å². The van der Waals surface area contributed by atoms with Gasteiger partial charge in [0.25, 0.3) is 11.7 Å². The lowest BCUT2D eigenvalue weighted by molar-refractivity contribution is -0.141. The summed E-state index contributed by atoms with van der Waals surface area (Å²) in [4.78, 5) is 49.6. The SMILES string of the molecule is CCn1c(C)cc(C(=O)COC(=O)CN2C(=O)C(=O)c3ccccc32)c1C. The Bertz CT molecular complexity index is 957. The number of nitrogens with zero attached hydrogens (tertiary/aromatic N) is 2. The first-order valence-electron chi connectivity index (χ1n) is 8.66. The average Bonchev–Trinajstić information content (AvgIpc) is 3.08. The van der Waals surface area contributed by atoms with Crippen LogP contribution in [-0.4, -0.2) is 41.2 Å². The molecule has 0 saturated carbocycles. The highest BCUT2D eigenvalue weighted by atomic mass is 16.5. The quantitative estimate of drug-likeness (QED) is 0.443. The first kappa shape index (κ1) is 18.6. The number of ketones is 2. The fourth-order valence-corrected chi connectivity index (χ4v) is 3.37. The normalized spacial score (nSPS) is 13.1. The fraction of sp³-hybridized carbons (Fsp3) is 0.300. The average molecular weight is 368 g/mol. The number of carbonyl (C=O) groups excluding carboxylic acids is 4. The van der Waals surface area contributed by atoms with Crippen LogP contribution in [0.5, 0.6) is 0 Å². The highest BCUT2D eigenvalue weighted by Crippen LogP contribution is 2.28. The standard InChI is InChI=1S/C20H20N2O5/c1-4-21-12(2)9-15(13(21)3)17(23)11-27-18(24)10-22-16-8-6-5-7-14(16)19(25)20(22)26/h5-9H,4,10-11H2,1-3H3. The predicted octanol–water partition coefficient (Wildman–Crippen LogP) is 2.08. The third-order valence-corrected chi connectivity index (χ3v) is 4.72. The van der Waals surface area contributed by atoms with Gasteiger partial charge in [-0.3, -0.25) is 24.1 Å². The van der Waals surface area contributed by atoms with Crippen molar-refractivity contribution in [3.63, 3.8) is 0 Å². The molecule has 7 heteroatoms. The first-order chi connectivity index (χ1) is 12.8. The van der Waals surface area contributed by atoms with Crippen molar-refractivity contribution in [2.75, 3.05) is 18.1 Å². The molecule has 0 bridgehead atoms. The van der Waals surface area contributed by atoms with E-state index in [1.54, 1.807) is 24.3 Å². The first-order valence-corrected chi connectivity index (χ1v) is 8.66. The summed E-state index contributed by atoms with van der Waals surface area (Å²) in [5, 5.41) is 0. The zero-order valence-electron chi connectivity index (χ0n) is 15.4. The Kier molecular flexibility index (Phi) is 4.94. The maximum absolute atomic E-state index is 12.4. The Morgan fingerprint density at radius 3 is 2.48 bits per heavy atom. The van der Waals surface area contributed by atoms with E-state index in [2.05, 4.69) is 0 Å². The molecule has 3 rings (SSSR count). The van der Waals surface area contributed by atoms with Crippen LogP contribution < -0.4 is 4.90 Å². The molecule has 2 aromatic rings. The van der Waals surface area contributed by atoms with Gasteiger partial charge >= 0.3 is 5.97 Å². The lowest BCUT2D eigenvalue weighted by Crippen LogP contribution is -2.36. The molecule has 1 aromatic heterocycles. The van der Waals surface area contributed by atoms with E-state index in [9.17, 15) is 19.2 Å². The number of fused-ring (bicyclic) bond motifs is 1. The number of esters is 1. The van der Waals surface area contributed by atoms with E-state index < -0.39 is 30.8 Å². The molecule has 0 aliphatic carbocycles. The number of hydrogen-bond donors (Lipinski definition) is 0. The van der Waals surface area contributed by atoms with Crippen molar-refractivity contribution >= 4 is 29.1 Å². The van der Waals surface area contributed by atoms with Gasteiger partial charge in [0.15, 0.2) is 6.61 Å². The van der Waals surface area contributed by atoms with Gasteiger partial charge in [0.2, 0.25) is 5.78 Å². The molecule has 0 atom stereocenters. The second kappa shape index (κ2) is 7.19. The predicted molar refractivity (Wildman–Crippen MR) is 98.0 cm³/mol. The van der Waals surface area contributed by atoms with Crippen molar-refractivity contribution in [1.29, 1.82) is 0 Å². The number of aromatic nitrogens is 1. The smallest absolute Gasteiger partial charge is 0.326 e. The van der Waals surface area contributed by atoms with Crippen molar-refractivity contribution in [2.24, 2.45) is 0 Å². The zero-order valence-corrected chi connectivity index (χ0v) is 15.4. The number of para-hydroxylation sites is 1. The van der Waals surface area contributed by atoms with Crippen molar-refractivity contribution in [2.45, 2.75) is 27.3 Å². The summed E-state index contributed by atoms with van der Waals surface area (Å²) in [6, 6.07) is 8.23. The van der Waals surface area contributed by atoms with Gasteiger partial charge in [0.1, 0.15) is 6.54 Å². The molecule has 7 nitrogen and oxygen atoms in total. The van der Waals surface area contributed by atoms with Crippen LogP contribution >= 0.6 is 0 Å². The van der Waals surface area contributed by atoms with E-state index in [1.165, 1.54) is 6.07 Å². The molecule has 1 amide bonds. The maximum Gasteiger partial charge on any atom is 0.326 e. The van der Waals surface area contributed by atoms with Crippen LogP contribution in [0.3, 0.4) is 0 Å². The minimum Gasteiger partial charge on any atom is -0.456 e. The van der Waals surface area contributed by atoms with E-state index in [4.69, 9.17) is 4.74 Å². The molecule has 2 heterocycles. The van der Waals surface area contributed by atoms with Gasteiger partial charge in [0, 0.05) is 23.5 Å². The molecule has 0 saturated heterocycles. The van der Waals surface area contributed by atoms with Crippen LogP contribution in [0.1, 0.15) is 39.0 Å². The van der Waals surface area contributed by atoms with E-state index in [0.29, 0.717) is 11.3 Å². The fourth-order valence-electron chi connectivity index (χ4n) is 3.37. The highest BCUT2D eigenvalue weighted by Gasteiger charge is 2.36. The molecule has 1 aromatic carbocycles. The summed E-state index contributed by atoms with van der Waals surface area (Å²) >= 11 is 0. The Labute approximate surface area is 156 Å². The number of amides is 1. The number of rotatable bonds is 6. The molecule has 0 unspecified atom stereocenters. The summed E-state index contributed by atoms with van der Waals surface area (Å²) < 4.78 is 7.05. The Morgan fingerprint density at radius 2 is 1.81 bits per heavy atom. The molecule has 0 spiro atoms. The number of ether oxygens (including phenoxy) is 1. The van der Waals surface area contributed by atoms with Gasteiger partial charge < -0.3 is 9.30 Å². The van der Waals surface area contributed by atoms with Crippen LogP contribution in [-0.2, 0) is 20.9 Å². The number of carbonyl (C=O) groups is 4. The topological polar surface area (TPSA) is 85.7 Å². The zero-order chi connectivity index (χ0) is 19.7. The van der Waals surface area contributed by atoms with Gasteiger partial charge in [-0.2, -0.15) is 0 Å². The third kappa shape index (κ3) is 3.28. The number of aryl methyl sites for hydroxylation is 1. The van der Waals surface area contributed by atoms with Crippen molar-refractivity contribution < 1.29 is 23.9 Å². The Morgan fingerprint density at radius 1 is 1.11 bits per heavy atom. The number of Topliss-reactive ketones (excluding diaryl/α,β-unsaturated/α-hetero) is 2. The molecular formula is C20H20N2O5. The van der Waals surface area contributed by atoms with Gasteiger partial charge in [0.05, 0.1) is 11.3 Å². The molecule has 0 N–H and O–H groups in total. The maximum atomic E-state index is 12.4. The van der Waals surface area contributed by atoms with Crippen LogP contribution in [0.2, 0.25) is 0 Å². The molecular weight excluding hydrogens is 348 g/mol. The van der Waals surface area contributed by atoms with E-state index >= 15 is 0 Å². The number of hydrogen-bond acceptors (Lipinski definition) is 5. The summed E-state index contributed by atoms with van der Waals surface area (Å²) in [7, 11) is 0. The van der Waals surface area contributed by atoms with E-state index in [-0.39, 0.29) is 11.3 Å². The van der Waals surface area contributed by atoms with Crippen molar-refractivity contribution in [3.8, 4) is 0 Å². The third-order valence-electron chi connectivity index (χ3n) is 4.72. The van der Waals surface area contributed by atoms with Gasteiger partial charge in [-0.05, 0) is 39.0 Å². The van der Waals surface area contributed by atoms with E-state index in [1.807, 2.05) is 25.3 Å². The Balaban J connectivity index is 1.65. The Hall–Kier alpha value is -3.22. The molecule has 1 aliphatic rings. The lowest BCUT2D eigenvalue weighted by Gasteiger charge is -2.15. The summed E-state index contributed by atoms with van der Waals surface area (Å²) in [5.74, 6) is -2.47. The van der Waals surface area contributed by atoms with Gasteiger partial charge in [-0.15, -0.1) is 0 Å². The second-order valence-corrected chi connectivity index (χ2v) is 6.35. The second-order valence-electron chi connectivity index (χ2n) is 6.35. The van der Waals surface area contributed by atoms with Crippen molar-refractivity contribution in [3.05, 3.63) is 52.8 Å². The molecule has 0 fully saturated rings. The molecule has 1 aliphatic heterocycles. The van der Waals surface area contributed by atoms with Crippen LogP contribution in [0, 0.1) is 13.8 Å². The highest BCUT2D eigenvalue weighted by molar-refractivity contribution is 6.52. The van der Waals surface area contributed by atoms with Crippen molar-refractivity contribution in [1.82, 2.24) is 4.57 Å². The monoisotopic (exact) mass is 368 g/mol. The molecule has 27 heavy (non-hydrogen) atoms. The summed E-state index contributed by atoms with van der Waals surface area (Å²) in [5.41, 5.74) is 2.94. The van der Waals surface area contributed by atoms with Crippen LogP contribution in [0.25, 0.3) is 0 Å². The van der Waals surface area contributed by atoms with E-state index in [0.717, 1.165) is 22.8 Å². The molecule has 0 radical (unpaired) electrons. The summed E-state index contributed by atoms with van der Waals surface area (Å²) in [6.07, 6.45) is 0.